The quantitative estimate of drug-likeness (QED) is 0.688. The fraction of sp³-hybridized carbons (Fsp3) is 0.263. The van der Waals surface area contributed by atoms with Crippen LogP contribution in [0.25, 0.3) is 0 Å². The minimum Gasteiger partial charge on any atom is -0.480 e. The number of amides is 1. The third-order valence-corrected chi connectivity index (χ3v) is 3.97. The molecule has 0 fully saturated rings. The summed E-state index contributed by atoms with van der Waals surface area (Å²) in [5.74, 6) is -1.88. The summed E-state index contributed by atoms with van der Waals surface area (Å²) < 4.78 is 37.7. The lowest BCUT2D eigenvalue weighted by Crippen LogP contribution is -2.50. The highest BCUT2D eigenvalue weighted by molar-refractivity contribution is 5.87. The molecule has 1 amide bonds. The van der Waals surface area contributed by atoms with Crippen LogP contribution in [0.4, 0.5) is 13.2 Å². The van der Waals surface area contributed by atoms with Crippen LogP contribution in [0.3, 0.4) is 0 Å². The lowest BCUT2D eigenvalue weighted by molar-refractivity contribution is -0.142. The van der Waals surface area contributed by atoms with E-state index in [1.807, 2.05) is 0 Å². The number of hydrogen-bond acceptors (Lipinski definition) is 3. The molecule has 0 heterocycles. The van der Waals surface area contributed by atoms with Crippen LogP contribution >= 0.6 is 0 Å². The summed E-state index contributed by atoms with van der Waals surface area (Å²) in [7, 11) is 0. The summed E-state index contributed by atoms with van der Waals surface area (Å²) in [5.41, 5.74) is 6.18. The van der Waals surface area contributed by atoms with Gasteiger partial charge in [-0.15, -0.1) is 0 Å². The van der Waals surface area contributed by atoms with E-state index in [9.17, 15) is 27.9 Å². The predicted octanol–water partition coefficient (Wildman–Crippen LogP) is 2.39. The van der Waals surface area contributed by atoms with E-state index in [0.717, 1.165) is 17.7 Å². The summed E-state index contributed by atoms with van der Waals surface area (Å²) in [5, 5.41) is 11.7. The number of carboxylic acids is 1. The highest BCUT2D eigenvalue weighted by Crippen LogP contribution is 2.29. The molecule has 2 unspecified atom stereocenters. The second-order valence-electron chi connectivity index (χ2n) is 6.09. The maximum atomic E-state index is 12.6. The summed E-state index contributed by atoms with van der Waals surface area (Å²) in [6.45, 7) is 0. The lowest BCUT2D eigenvalue weighted by atomic mass is 10.0. The molecule has 0 saturated carbocycles. The molecule has 0 saturated heterocycles. The molecule has 0 spiro atoms. The minimum atomic E-state index is -4.44. The van der Waals surface area contributed by atoms with Gasteiger partial charge < -0.3 is 16.2 Å². The molecule has 27 heavy (non-hydrogen) atoms. The Hall–Kier alpha value is -2.87. The third kappa shape index (κ3) is 6.10. The van der Waals surface area contributed by atoms with E-state index in [2.05, 4.69) is 5.32 Å². The molecule has 144 valence electrons. The van der Waals surface area contributed by atoms with Gasteiger partial charge in [0.05, 0.1) is 11.6 Å². The average molecular weight is 380 g/mol. The van der Waals surface area contributed by atoms with Gasteiger partial charge in [-0.2, -0.15) is 13.2 Å². The number of carboxylic acid groups (broad SMARTS) is 1. The van der Waals surface area contributed by atoms with E-state index in [0.29, 0.717) is 5.56 Å². The zero-order chi connectivity index (χ0) is 20.0. The Kier molecular flexibility index (Phi) is 6.57. The van der Waals surface area contributed by atoms with Crippen LogP contribution < -0.4 is 11.1 Å². The molecule has 0 radical (unpaired) electrons. The van der Waals surface area contributed by atoms with Gasteiger partial charge in [-0.1, -0.05) is 42.5 Å². The van der Waals surface area contributed by atoms with E-state index in [1.165, 1.54) is 12.1 Å². The van der Waals surface area contributed by atoms with E-state index >= 15 is 0 Å². The normalized spacial score (nSPS) is 13.6. The molecule has 2 rings (SSSR count). The van der Waals surface area contributed by atoms with E-state index in [4.69, 9.17) is 5.73 Å². The number of alkyl halides is 3. The average Bonchev–Trinajstić information content (AvgIpc) is 2.61. The zero-order valence-electron chi connectivity index (χ0n) is 14.2. The standard InChI is InChI=1S/C19H19F3N2O3/c20-19(21,22)14-8-6-13(7-9-14)10-15(23)17(25)24-16(18(26)27)11-12-4-2-1-3-5-12/h1-9,15-16H,10-11,23H2,(H,24,25)(H,26,27). The number of benzene rings is 2. The Bertz CT molecular complexity index is 777. The van der Waals surface area contributed by atoms with Crippen molar-refractivity contribution in [2.24, 2.45) is 5.73 Å². The van der Waals surface area contributed by atoms with Crippen molar-refractivity contribution in [3.8, 4) is 0 Å². The molecule has 2 aromatic rings. The number of nitrogens with one attached hydrogen (secondary N) is 1. The highest BCUT2D eigenvalue weighted by atomic mass is 19.4. The van der Waals surface area contributed by atoms with Crippen molar-refractivity contribution in [1.29, 1.82) is 0 Å². The molecule has 0 aromatic heterocycles. The van der Waals surface area contributed by atoms with Crippen molar-refractivity contribution in [2.45, 2.75) is 31.1 Å². The van der Waals surface area contributed by atoms with E-state index in [1.54, 1.807) is 30.3 Å². The van der Waals surface area contributed by atoms with Crippen molar-refractivity contribution in [3.63, 3.8) is 0 Å². The number of halogens is 3. The Morgan fingerprint density at radius 2 is 1.52 bits per heavy atom. The van der Waals surface area contributed by atoms with Crippen LogP contribution in [-0.2, 0) is 28.6 Å². The molecular weight excluding hydrogens is 361 g/mol. The smallest absolute Gasteiger partial charge is 0.416 e. The first kappa shape index (κ1) is 20.4. The van der Waals surface area contributed by atoms with Gasteiger partial charge in [-0.3, -0.25) is 4.79 Å². The number of hydrogen-bond donors (Lipinski definition) is 3. The van der Waals surface area contributed by atoms with Crippen molar-refractivity contribution in [3.05, 3.63) is 71.3 Å². The van der Waals surface area contributed by atoms with Crippen LogP contribution in [0.5, 0.6) is 0 Å². The first-order valence-electron chi connectivity index (χ1n) is 8.15. The van der Waals surface area contributed by atoms with Crippen molar-refractivity contribution < 1.29 is 27.9 Å². The first-order chi connectivity index (χ1) is 12.7. The molecule has 0 aliphatic carbocycles. The molecular formula is C19H19F3N2O3. The third-order valence-electron chi connectivity index (χ3n) is 3.97. The minimum absolute atomic E-state index is 0.0123. The van der Waals surface area contributed by atoms with Gasteiger partial charge in [0, 0.05) is 6.42 Å². The fourth-order valence-corrected chi connectivity index (χ4v) is 2.51. The Balaban J connectivity index is 1.97. The molecule has 8 heteroatoms. The second-order valence-corrected chi connectivity index (χ2v) is 6.09. The molecule has 2 aromatic carbocycles. The predicted molar refractivity (Wildman–Crippen MR) is 92.8 cm³/mol. The number of carbonyl (C=O) groups is 2. The van der Waals surface area contributed by atoms with Crippen LogP contribution in [-0.4, -0.2) is 29.1 Å². The summed E-state index contributed by atoms with van der Waals surface area (Å²) in [6, 6.07) is 10.9. The van der Waals surface area contributed by atoms with Crippen LogP contribution in [0.1, 0.15) is 16.7 Å². The topological polar surface area (TPSA) is 92.4 Å². The summed E-state index contributed by atoms with van der Waals surface area (Å²) in [4.78, 5) is 23.6. The van der Waals surface area contributed by atoms with E-state index < -0.39 is 35.7 Å². The summed E-state index contributed by atoms with van der Waals surface area (Å²) in [6.07, 6.45) is -4.36. The van der Waals surface area contributed by atoms with Crippen LogP contribution in [0.2, 0.25) is 0 Å². The highest BCUT2D eigenvalue weighted by Gasteiger charge is 2.30. The zero-order valence-corrected chi connectivity index (χ0v) is 14.2. The van der Waals surface area contributed by atoms with Gasteiger partial charge in [0.25, 0.3) is 0 Å². The maximum Gasteiger partial charge on any atom is 0.416 e. The van der Waals surface area contributed by atoms with Crippen molar-refractivity contribution >= 4 is 11.9 Å². The molecule has 2 atom stereocenters. The SMILES string of the molecule is NC(Cc1ccc(C(F)(F)F)cc1)C(=O)NC(Cc1ccccc1)C(=O)O. The van der Waals surface area contributed by atoms with Gasteiger partial charge in [0.1, 0.15) is 6.04 Å². The number of carbonyl (C=O) groups excluding carboxylic acids is 1. The number of aliphatic carboxylic acids is 1. The molecule has 5 nitrogen and oxygen atoms in total. The molecule has 0 aliphatic heterocycles. The van der Waals surface area contributed by atoms with E-state index in [-0.39, 0.29) is 12.8 Å². The van der Waals surface area contributed by atoms with Gasteiger partial charge in [0.2, 0.25) is 5.91 Å². The van der Waals surface area contributed by atoms with Gasteiger partial charge in [0.15, 0.2) is 0 Å². The summed E-state index contributed by atoms with van der Waals surface area (Å²) >= 11 is 0. The Morgan fingerprint density at radius 3 is 2.04 bits per heavy atom. The Morgan fingerprint density at radius 1 is 0.963 bits per heavy atom. The maximum absolute atomic E-state index is 12.6. The monoisotopic (exact) mass is 380 g/mol. The van der Waals surface area contributed by atoms with Gasteiger partial charge in [-0.05, 0) is 29.7 Å². The van der Waals surface area contributed by atoms with Crippen LogP contribution in [0, 0.1) is 0 Å². The number of nitrogens with two attached hydrogens (primary N) is 1. The number of rotatable bonds is 7. The molecule has 0 bridgehead atoms. The molecule has 0 aliphatic rings. The largest absolute Gasteiger partial charge is 0.480 e. The second kappa shape index (κ2) is 8.68. The van der Waals surface area contributed by atoms with Gasteiger partial charge >= 0.3 is 12.1 Å². The molecule has 4 N–H and O–H groups in total. The first-order valence-corrected chi connectivity index (χ1v) is 8.15. The Labute approximate surface area is 154 Å². The van der Waals surface area contributed by atoms with Crippen molar-refractivity contribution in [2.75, 3.05) is 0 Å². The van der Waals surface area contributed by atoms with Crippen LogP contribution in [0.15, 0.2) is 54.6 Å². The fourth-order valence-electron chi connectivity index (χ4n) is 2.51. The van der Waals surface area contributed by atoms with Gasteiger partial charge in [-0.25, -0.2) is 4.79 Å². The lowest BCUT2D eigenvalue weighted by Gasteiger charge is -2.18. The van der Waals surface area contributed by atoms with Crippen molar-refractivity contribution in [1.82, 2.24) is 5.32 Å².